The van der Waals surface area contributed by atoms with Gasteiger partial charge in [0.25, 0.3) is 0 Å². The van der Waals surface area contributed by atoms with Crippen LogP contribution in [0.2, 0.25) is 0 Å². The van der Waals surface area contributed by atoms with Crippen LogP contribution < -0.4 is 4.72 Å². The number of aromatic nitrogens is 3. The molecular weight excluding hydrogens is 292 g/mol. The number of rotatable bonds is 7. The molecule has 0 unspecified atom stereocenters. The summed E-state index contributed by atoms with van der Waals surface area (Å²) in [4.78, 5) is 4.03. The van der Waals surface area contributed by atoms with E-state index in [1.165, 1.54) is 0 Å². The van der Waals surface area contributed by atoms with Crippen LogP contribution in [0.1, 0.15) is 17.0 Å². The van der Waals surface area contributed by atoms with Gasteiger partial charge in [-0.25, -0.2) is 18.1 Å². The maximum Gasteiger partial charge on any atom is 0.215 e. The molecule has 8 heteroatoms. The molecule has 0 bridgehead atoms. The van der Waals surface area contributed by atoms with E-state index in [9.17, 15) is 8.42 Å². The fourth-order valence-corrected chi connectivity index (χ4v) is 2.97. The number of nitrogens with one attached hydrogen (secondary N) is 1. The minimum absolute atomic E-state index is 0.0532. The van der Waals surface area contributed by atoms with Gasteiger partial charge in [-0.15, -0.1) is 0 Å². The molecule has 0 saturated heterocycles. The summed E-state index contributed by atoms with van der Waals surface area (Å²) in [6, 6.07) is 6.82. The summed E-state index contributed by atoms with van der Waals surface area (Å²) in [5, 5.41) is 13.0. The third-order valence-corrected chi connectivity index (χ3v) is 4.24. The third-order valence-electron chi connectivity index (χ3n) is 2.88. The lowest BCUT2D eigenvalue weighted by atomic mass is 10.2. The van der Waals surface area contributed by atoms with Gasteiger partial charge in [-0.2, -0.15) is 5.10 Å². The van der Waals surface area contributed by atoms with E-state index in [-0.39, 0.29) is 18.9 Å². The summed E-state index contributed by atoms with van der Waals surface area (Å²) >= 11 is 0. The number of aliphatic hydroxyl groups excluding tert-OH is 1. The van der Waals surface area contributed by atoms with Gasteiger partial charge < -0.3 is 5.11 Å². The highest BCUT2D eigenvalue weighted by Crippen LogP contribution is 2.07. The largest absolute Gasteiger partial charge is 0.392 e. The number of aliphatic hydroxyl groups is 1. The van der Waals surface area contributed by atoms with Gasteiger partial charge in [-0.05, 0) is 11.1 Å². The van der Waals surface area contributed by atoms with Crippen molar-refractivity contribution in [2.45, 2.75) is 18.8 Å². The second-order valence-electron chi connectivity index (χ2n) is 4.71. The first kappa shape index (κ1) is 15.6. The lowest BCUT2D eigenvalue weighted by Gasteiger charge is -2.06. The van der Waals surface area contributed by atoms with Gasteiger partial charge in [0.1, 0.15) is 6.33 Å². The van der Waals surface area contributed by atoms with Crippen LogP contribution in [-0.2, 0) is 35.9 Å². The highest BCUT2D eigenvalue weighted by atomic mass is 32.2. The number of hydrogen-bond acceptors (Lipinski definition) is 5. The van der Waals surface area contributed by atoms with Gasteiger partial charge in [0.2, 0.25) is 10.0 Å². The van der Waals surface area contributed by atoms with Crippen LogP contribution in [0.5, 0.6) is 0 Å². The van der Waals surface area contributed by atoms with Crippen LogP contribution in [-0.4, -0.2) is 34.8 Å². The molecule has 0 fully saturated rings. The van der Waals surface area contributed by atoms with Crippen LogP contribution >= 0.6 is 0 Å². The molecular formula is C13H18N4O3S. The number of hydrogen-bond donors (Lipinski definition) is 2. The average molecular weight is 310 g/mol. The van der Waals surface area contributed by atoms with Crippen molar-refractivity contribution in [1.82, 2.24) is 19.5 Å². The summed E-state index contributed by atoms with van der Waals surface area (Å²) in [5.74, 6) is 0.515. The monoisotopic (exact) mass is 310 g/mol. The third kappa shape index (κ3) is 4.92. The zero-order valence-electron chi connectivity index (χ0n) is 11.7. The number of sulfonamides is 1. The molecule has 1 aromatic carbocycles. The predicted octanol–water partition coefficient (Wildman–Crippen LogP) is -0.0305. The summed E-state index contributed by atoms with van der Waals surface area (Å²) in [6.07, 6.45) is 2.02. The van der Waals surface area contributed by atoms with E-state index in [0.717, 1.165) is 5.56 Å². The predicted molar refractivity (Wildman–Crippen MR) is 77.7 cm³/mol. The second-order valence-corrected chi connectivity index (χ2v) is 6.52. The number of benzene rings is 1. The normalized spacial score (nSPS) is 11.7. The Hall–Kier alpha value is -1.77. The molecule has 0 aliphatic heterocycles. The van der Waals surface area contributed by atoms with Crippen LogP contribution in [0.25, 0.3) is 0 Å². The average Bonchev–Trinajstić information content (AvgIpc) is 2.84. The molecule has 0 amide bonds. The quantitative estimate of drug-likeness (QED) is 0.748. The Kier molecular flexibility index (Phi) is 5.05. The Morgan fingerprint density at radius 3 is 2.48 bits per heavy atom. The fourth-order valence-electron chi connectivity index (χ4n) is 1.83. The molecule has 7 nitrogen and oxygen atoms in total. The van der Waals surface area contributed by atoms with Crippen LogP contribution in [0.15, 0.2) is 30.6 Å². The Balaban J connectivity index is 1.86. The highest BCUT2D eigenvalue weighted by molar-refractivity contribution is 7.88. The Morgan fingerprint density at radius 2 is 1.90 bits per heavy atom. The van der Waals surface area contributed by atoms with E-state index in [2.05, 4.69) is 14.8 Å². The molecule has 0 spiro atoms. The zero-order valence-corrected chi connectivity index (χ0v) is 12.5. The van der Waals surface area contributed by atoms with Crippen LogP contribution in [0, 0.1) is 0 Å². The molecule has 2 rings (SSSR count). The highest BCUT2D eigenvalue weighted by Gasteiger charge is 2.11. The standard InChI is InChI=1S/C13H18N4O3S/c1-17-10-14-13(16-17)6-7-15-21(19,20)9-12-4-2-11(8-18)3-5-12/h2-5,10,15,18H,6-9H2,1H3. The topological polar surface area (TPSA) is 97.1 Å². The van der Waals surface area contributed by atoms with E-state index < -0.39 is 10.0 Å². The van der Waals surface area contributed by atoms with Gasteiger partial charge in [0.15, 0.2) is 5.82 Å². The minimum atomic E-state index is -3.39. The molecule has 0 radical (unpaired) electrons. The molecule has 114 valence electrons. The Morgan fingerprint density at radius 1 is 1.24 bits per heavy atom. The SMILES string of the molecule is Cn1cnc(CCNS(=O)(=O)Cc2ccc(CO)cc2)n1. The van der Waals surface area contributed by atoms with Gasteiger partial charge in [0, 0.05) is 20.0 Å². The van der Waals surface area contributed by atoms with Crippen molar-refractivity contribution in [1.29, 1.82) is 0 Å². The van der Waals surface area contributed by atoms with E-state index in [4.69, 9.17) is 5.11 Å². The first-order chi connectivity index (χ1) is 9.98. The molecule has 0 aliphatic carbocycles. The van der Waals surface area contributed by atoms with E-state index in [1.54, 1.807) is 42.3 Å². The van der Waals surface area contributed by atoms with Crippen molar-refractivity contribution >= 4 is 10.0 Å². The van der Waals surface area contributed by atoms with Crippen molar-refractivity contribution in [3.05, 3.63) is 47.5 Å². The van der Waals surface area contributed by atoms with Crippen molar-refractivity contribution < 1.29 is 13.5 Å². The van der Waals surface area contributed by atoms with E-state index in [0.29, 0.717) is 17.8 Å². The number of nitrogens with zero attached hydrogens (tertiary/aromatic N) is 3. The van der Waals surface area contributed by atoms with E-state index >= 15 is 0 Å². The molecule has 0 saturated carbocycles. The minimum Gasteiger partial charge on any atom is -0.392 e. The lowest BCUT2D eigenvalue weighted by molar-refractivity contribution is 0.282. The van der Waals surface area contributed by atoms with Crippen molar-refractivity contribution in [3.8, 4) is 0 Å². The second kappa shape index (κ2) is 6.79. The fraction of sp³-hybridized carbons (Fsp3) is 0.385. The molecule has 21 heavy (non-hydrogen) atoms. The first-order valence-electron chi connectivity index (χ1n) is 6.49. The van der Waals surface area contributed by atoms with Crippen LogP contribution in [0.3, 0.4) is 0 Å². The van der Waals surface area contributed by atoms with Crippen molar-refractivity contribution in [2.75, 3.05) is 6.54 Å². The smallest absolute Gasteiger partial charge is 0.215 e. The lowest BCUT2D eigenvalue weighted by Crippen LogP contribution is -2.27. The molecule has 0 atom stereocenters. The van der Waals surface area contributed by atoms with Crippen molar-refractivity contribution in [3.63, 3.8) is 0 Å². The summed E-state index contributed by atoms with van der Waals surface area (Å²) in [6.45, 7) is 0.212. The van der Waals surface area contributed by atoms with Gasteiger partial charge in [-0.3, -0.25) is 4.68 Å². The maximum atomic E-state index is 11.9. The Labute approximate surface area is 123 Å². The summed E-state index contributed by atoms with van der Waals surface area (Å²) < 4.78 is 28.0. The Bertz CT molecular complexity index is 680. The zero-order chi connectivity index (χ0) is 15.3. The summed E-state index contributed by atoms with van der Waals surface area (Å²) in [7, 11) is -1.63. The van der Waals surface area contributed by atoms with Gasteiger partial charge in [0.05, 0.1) is 12.4 Å². The van der Waals surface area contributed by atoms with Crippen molar-refractivity contribution in [2.24, 2.45) is 7.05 Å². The molecule has 2 N–H and O–H groups in total. The molecule has 1 heterocycles. The molecule has 0 aliphatic rings. The first-order valence-corrected chi connectivity index (χ1v) is 8.14. The molecule has 1 aromatic heterocycles. The van der Waals surface area contributed by atoms with Gasteiger partial charge >= 0.3 is 0 Å². The van der Waals surface area contributed by atoms with E-state index in [1.807, 2.05) is 0 Å². The summed E-state index contributed by atoms with van der Waals surface area (Å²) in [5.41, 5.74) is 1.43. The number of aryl methyl sites for hydroxylation is 1. The molecule has 2 aromatic rings. The maximum absolute atomic E-state index is 11.9. The van der Waals surface area contributed by atoms with Gasteiger partial charge in [-0.1, -0.05) is 24.3 Å². The van der Waals surface area contributed by atoms with Crippen LogP contribution in [0.4, 0.5) is 0 Å².